The predicted molar refractivity (Wildman–Crippen MR) is 65.8 cm³/mol. The van der Waals surface area contributed by atoms with E-state index in [1.54, 1.807) is 6.92 Å². The van der Waals surface area contributed by atoms with Gasteiger partial charge >= 0.3 is 0 Å². The summed E-state index contributed by atoms with van der Waals surface area (Å²) in [7, 11) is 0. The van der Waals surface area contributed by atoms with E-state index in [2.05, 4.69) is 15.3 Å². The Bertz CT molecular complexity index is 593. The molecule has 1 heterocycles. The molecule has 4 nitrogen and oxygen atoms in total. The Morgan fingerprint density at radius 3 is 2.58 bits per heavy atom. The SMILES string of the molecule is Cc1nc(Cl)nc(Nc2cc(F)cc(F)c2F)c1N. The molecule has 0 unspecified atom stereocenters. The predicted octanol–water partition coefficient (Wildman–Crippen LogP) is 3.18. The van der Waals surface area contributed by atoms with Crippen LogP contribution in [0.2, 0.25) is 5.28 Å². The second kappa shape index (κ2) is 4.93. The number of nitrogens with one attached hydrogen (secondary N) is 1. The topological polar surface area (TPSA) is 63.8 Å². The van der Waals surface area contributed by atoms with Crippen LogP contribution in [0.5, 0.6) is 0 Å². The van der Waals surface area contributed by atoms with Gasteiger partial charge in [0.1, 0.15) is 5.82 Å². The highest BCUT2D eigenvalue weighted by Crippen LogP contribution is 2.27. The van der Waals surface area contributed by atoms with Gasteiger partial charge in [-0.05, 0) is 18.5 Å². The molecular formula is C11H8ClF3N4. The standard InChI is InChI=1S/C11H8ClF3N4/c1-4-9(16)10(19-11(12)17-4)18-7-3-5(13)2-6(14)8(7)15/h2-3H,16H2,1H3,(H,17,18,19). The average Bonchev–Trinajstić information content (AvgIpc) is 2.31. The van der Waals surface area contributed by atoms with Crippen LogP contribution in [0.1, 0.15) is 5.69 Å². The third-order valence-electron chi connectivity index (χ3n) is 2.35. The van der Waals surface area contributed by atoms with E-state index in [-0.39, 0.29) is 16.8 Å². The molecule has 8 heteroatoms. The average molecular weight is 289 g/mol. The van der Waals surface area contributed by atoms with Crippen LogP contribution in [0.4, 0.5) is 30.4 Å². The molecule has 0 aliphatic heterocycles. The van der Waals surface area contributed by atoms with Gasteiger partial charge in [0.05, 0.1) is 17.1 Å². The maximum Gasteiger partial charge on any atom is 0.224 e. The Labute approximate surface area is 111 Å². The summed E-state index contributed by atoms with van der Waals surface area (Å²) in [6, 6.07) is 1.21. The number of aromatic nitrogens is 2. The summed E-state index contributed by atoms with van der Waals surface area (Å²) in [6.45, 7) is 1.57. The van der Waals surface area contributed by atoms with Gasteiger partial charge in [0, 0.05) is 12.1 Å². The van der Waals surface area contributed by atoms with Gasteiger partial charge < -0.3 is 11.1 Å². The molecule has 0 atom stereocenters. The van der Waals surface area contributed by atoms with Crippen LogP contribution in [0, 0.1) is 24.4 Å². The number of nitrogens with zero attached hydrogens (tertiary/aromatic N) is 2. The van der Waals surface area contributed by atoms with Gasteiger partial charge in [-0.25, -0.2) is 18.2 Å². The highest BCUT2D eigenvalue weighted by Gasteiger charge is 2.14. The molecule has 1 aromatic heterocycles. The van der Waals surface area contributed by atoms with E-state index < -0.39 is 23.1 Å². The fourth-order valence-electron chi connectivity index (χ4n) is 1.42. The van der Waals surface area contributed by atoms with E-state index in [4.69, 9.17) is 17.3 Å². The summed E-state index contributed by atoms with van der Waals surface area (Å²) < 4.78 is 39.6. The van der Waals surface area contributed by atoms with Gasteiger partial charge in [-0.15, -0.1) is 0 Å². The minimum atomic E-state index is -1.32. The Balaban J connectivity index is 2.47. The Morgan fingerprint density at radius 1 is 1.21 bits per heavy atom. The minimum absolute atomic E-state index is 0.0265. The van der Waals surface area contributed by atoms with Crippen LogP contribution in [-0.4, -0.2) is 9.97 Å². The molecule has 3 N–H and O–H groups in total. The van der Waals surface area contributed by atoms with Crippen LogP contribution in [-0.2, 0) is 0 Å². The van der Waals surface area contributed by atoms with Crippen LogP contribution >= 0.6 is 11.6 Å². The molecule has 0 aliphatic carbocycles. The lowest BCUT2D eigenvalue weighted by atomic mass is 10.2. The first-order chi connectivity index (χ1) is 8.88. The molecule has 0 radical (unpaired) electrons. The van der Waals surface area contributed by atoms with Crippen LogP contribution < -0.4 is 11.1 Å². The lowest BCUT2D eigenvalue weighted by Crippen LogP contribution is -2.06. The molecule has 0 bridgehead atoms. The quantitative estimate of drug-likeness (QED) is 0.658. The third-order valence-corrected chi connectivity index (χ3v) is 2.52. The van der Waals surface area contributed by atoms with E-state index >= 15 is 0 Å². The zero-order valence-corrected chi connectivity index (χ0v) is 10.4. The molecular weight excluding hydrogens is 281 g/mol. The van der Waals surface area contributed by atoms with Crippen molar-refractivity contribution in [3.63, 3.8) is 0 Å². The largest absolute Gasteiger partial charge is 0.394 e. The molecule has 100 valence electrons. The van der Waals surface area contributed by atoms with Crippen molar-refractivity contribution < 1.29 is 13.2 Å². The smallest absolute Gasteiger partial charge is 0.224 e. The number of nitrogens with two attached hydrogens (primary N) is 1. The third kappa shape index (κ3) is 2.70. The van der Waals surface area contributed by atoms with E-state index in [1.807, 2.05) is 0 Å². The normalized spacial score (nSPS) is 10.6. The number of hydrogen-bond acceptors (Lipinski definition) is 4. The van der Waals surface area contributed by atoms with Gasteiger partial charge in [0.15, 0.2) is 17.5 Å². The fraction of sp³-hybridized carbons (Fsp3) is 0.0909. The number of nitrogen functional groups attached to an aromatic ring is 1. The maximum atomic E-state index is 13.5. The second-order valence-corrected chi connectivity index (χ2v) is 4.05. The van der Waals surface area contributed by atoms with Crippen molar-refractivity contribution in [3.05, 3.63) is 40.6 Å². The van der Waals surface area contributed by atoms with Gasteiger partial charge in [-0.1, -0.05) is 0 Å². The highest BCUT2D eigenvalue weighted by molar-refractivity contribution is 6.28. The van der Waals surface area contributed by atoms with Gasteiger partial charge in [-0.3, -0.25) is 0 Å². The zero-order chi connectivity index (χ0) is 14.2. The molecule has 1 aromatic carbocycles. The van der Waals surface area contributed by atoms with Gasteiger partial charge in [0.2, 0.25) is 5.28 Å². The van der Waals surface area contributed by atoms with Crippen molar-refractivity contribution in [2.45, 2.75) is 6.92 Å². The summed E-state index contributed by atoms with van der Waals surface area (Å²) in [5.41, 5.74) is 5.70. The summed E-state index contributed by atoms with van der Waals surface area (Å²) >= 11 is 5.63. The monoisotopic (exact) mass is 288 g/mol. The Hall–Kier alpha value is -2.02. The van der Waals surface area contributed by atoms with Crippen molar-refractivity contribution in [2.24, 2.45) is 0 Å². The summed E-state index contributed by atoms with van der Waals surface area (Å²) in [4.78, 5) is 7.52. The minimum Gasteiger partial charge on any atom is -0.394 e. The van der Waals surface area contributed by atoms with E-state index in [0.717, 1.165) is 6.07 Å². The van der Waals surface area contributed by atoms with Crippen LogP contribution in [0.15, 0.2) is 12.1 Å². The number of aryl methyl sites for hydroxylation is 1. The first-order valence-electron chi connectivity index (χ1n) is 5.09. The van der Waals surface area contributed by atoms with E-state index in [1.165, 1.54) is 0 Å². The lowest BCUT2D eigenvalue weighted by molar-refractivity contribution is 0.498. The highest BCUT2D eigenvalue weighted by atomic mass is 35.5. The summed E-state index contributed by atoms with van der Waals surface area (Å²) in [6.07, 6.45) is 0. The van der Waals surface area contributed by atoms with Crippen LogP contribution in [0.3, 0.4) is 0 Å². The molecule has 0 saturated carbocycles. The van der Waals surface area contributed by atoms with Crippen molar-refractivity contribution in [2.75, 3.05) is 11.1 Å². The van der Waals surface area contributed by atoms with Gasteiger partial charge in [0.25, 0.3) is 0 Å². The Kier molecular flexibility index (Phi) is 3.48. The number of hydrogen-bond donors (Lipinski definition) is 2. The van der Waals surface area contributed by atoms with Crippen molar-refractivity contribution in [3.8, 4) is 0 Å². The number of benzene rings is 1. The van der Waals surface area contributed by atoms with Crippen LogP contribution in [0.25, 0.3) is 0 Å². The molecule has 2 rings (SSSR count). The molecule has 0 aliphatic rings. The molecule has 19 heavy (non-hydrogen) atoms. The van der Waals surface area contributed by atoms with Crippen molar-refractivity contribution in [1.82, 2.24) is 9.97 Å². The maximum absolute atomic E-state index is 13.5. The van der Waals surface area contributed by atoms with Crippen molar-refractivity contribution in [1.29, 1.82) is 0 Å². The molecule has 0 fully saturated rings. The van der Waals surface area contributed by atoms with E-state index in [0.29, 0.717) is 11.8 Å². The lowest BCUT2D eigenvalue weighted by Gasteiger charge is -2.11. The molecule has 0 spiro atoms. The summed E-state index contributed by atoms with van der Waals surface area (Å²) in [5.74, 6) is -3.52. The second-order valence-electron chi connectivity index (χ2n) is 3.71. The first kappa shape index (κ1) is 13.4. The number of anilines is 3. The van der Waals surface area contributed by atoms with E-state index in [9.17, 15) is 13.2 Å². The number of rotatable bonds is 2. The first-order valence-corrected chi connectivity index (χ1v) is 5.47. The molecule has 0 saturated heterocycles. The molecule has 2 aromatic rings. The fourth-order valence-corrected chi connectivity index (χ4v) is 1.63. The van der Waals surface area contributed by atoms with Crippen molar-refractivity contribution >= 4 is 28.8 Å². The molecule has 0 amide bonds. The zero-order valence-electron chi connectivity index (χ0n) is 9.64. The Morgan fingerprint density at radius 2 is 1.89 bits per heavy atom. The number of halogens is 4. The van der Waals surface area contributed by atoms with Gasteiger partial charge in [-0.2, -0.15) is 4.98 Å². The summed E-state index contributed by atoms with van der Waals surface area (Å²) in [5, 5.41) is 2.27.